The molecule has 6 nitrogen and oxygen atoms in total. The van der Waals surface area contributed by atoms with Crippen LogP contribution in [0.4, 0.5) is 0 Å². The lowest BCUT2D eigenvalue weighted by Crippen LogP contribution is -1.96. The van der Waals surface area contributed by atoms with E-state index < -0.39 is 0 Å². The molecule has 6 heteroatoms. The lowest BCUT2D eigenvalue weighted by molar-refractivity contribution is 1.16. The summed E-state index contributed by atoms with van der Waals surface area (Å²) in [6, 6.07) is 44.8. The third-order valence-corrected chi connectivity index (χ3v) is 8.97. The summed E-state index contributed by atoms with van der Waals surface area (Å²) in [4.78, 5) is 14.5. The Morgan fingerprint density at radius 3 is 1.29 bits per heavy atom. The fourth-order valence-electron chi connectivity index (χ4n) is 7.12. The average Bonchev–Trinajstić information content (AvgIpc) is 3.74. The quantitative estimate of drug-likeness (QED) is 0.211. The van der Waals surface area contributed by atoms with Crippen molar-refractivity contribution < 1.29 is 0 Å². The molecular weight excluding hydrogens is 552 g/mol. The molecule has 0 amide bonds. The van der Waals surface area contributed by atoms with Crippen LogP contribution in [-0.2, 0) is 0 Å². The number of rotatable bonds is 3. The fourth-order valence-corrected chi connectivity index (χ4v) is 7.12. The maximum Gasteiger partial charge on any atom is 0.0964 e. The SMILES string of the molecule is c1ccc(-n2c3ccc(-n4c5ccc(-n6c7ccccc7c7ncccc76)cc5c5ncccc54)cc3c3ncccc32)cc1. The summed E-state index contributed by atoms with van der Waals surface area (Å²) >= 11 is 0. The summed E-state index contributed by atoms with van der Waals surface area (Å²) in [7, 11) is 0. The molecule has 0 radical (unpaired) electrons. The molecule has 4 aromatic carbocycles. The fraction of sp³-hybridized carbons (Fsp3) is 0. The van der Waals surface area contributed by atoms with Crippen LogP contribution in [0.15, 0.2) is 146 Å². The van der Waals surface area contributed by atoms with Crippen LogP contribution in [0.3, 0.4) is 0 Å². The summed E-state index contributed by atoms with van der Waals surface area (Å²) in [6.07, 6.45) is 5.62. The molecule has 0 aliphatic carbocycles. The maximum atomic E-state index is 4.90. The van der Waals surface area contributed by atoms with Crippen molar-refractivity contribution in [3.63, 3.8) is 0 Å². The van der Waals surface area contributed by atoms with E-state index in [1.807, 2.05) is 42.9 Å². The third kappa shape index (κ3) is 3.36. The van der Waals surface area contributed by atoms with E-state index in [4.69, 9.17) is 15.0 Å². The molecule has 210 valence electrons. The molecule has 0 fully saturated rings. The molecule has 10 aromatic rings. The zero-order chi connectivity index (χ0) is 29.5. The zero-order valence-corrected chi connectivity index (χ0v) is 24.0. The van der Waals surface area contributed by atoms with Crippen molar-refractivity contribution in [1.82, 2.24) is 28.7 Å². The van der Waals surface area contributed by atoms with E-state index in [-0.39, 0.29) is 0 Å². The van der Waals surface area contributed by atoms with E-state index in [9.17, 15) is 0 Å². The number of fused-ring (bicyclic) bond motifs is 9. The zero-order valence-electron chi connectivity index (χ0n) is 24.0. The van der Waals surface area contributed by atoms with Gasteiger partial charge in [0.25, 0.3) is 0 Å². The van der Waals surface area contributed by atoms with Gasteiger partial charge in [-0.1, -0.05) is 36.4 Å². The normalized spacial score (nSPS) is 12.0. The lowest BCUT2D eigenvalue weighted by Gasteiger charge is -2.11. The first-order chi connectivity index (χ1) is 22.3. The first-order valence-electron chi connectivity index (χ1n) is 15.0. The van der Waals surface area contributed by atoms with Gasteiger partial charge in [0.2, 0.25) is 0 Å². The van der Waals surface area contributed by atoms with E-state index in [1.165, 1.54) is 0 Å². The lowest BCUT2D eigenvalue weighted by atomic mass is 10.2. The van der Waals surface area contributed by atoms with E-state index in [2.05, 4.69) is 117 Å². The van der Waals surface area contributed by atoms with Crippen LogP contribution in [0, 0.1) is 0 Å². The summed E-state index contributed by atoms with van der Waals surface area (Å²) in [5.41, 5.74) is 12.8. The van der Waals surface area contributed by atoms with Crippen LogP contribution < -0.4 is 0 Å². The molecule has 0 N–H and O–H groups in total. The van der Waals surface area contributed by atoms with Crippen molar-refractivity contribution in [2.75, 3.05) is 0 Å². The molecule has 0 aliphatic heterocycles. The largest absolute Gasteiger partial charge is 0.308 e. The van der Waals surface area contributed by atoms with Crippen molar-refractivity contribution in [1.29, 1.82) is 0 Å². The number of hydrogen-bond donors (Lipinski definition) is 0. The number of hydrogen-bond acceptors (Lipinski definition) is 3. The highest BCUT2D eigenvalue weighted by Gasteiger charge is 2.19. The molecule has 6 aromatic heterocycles. The van der Waals surface area contributed by atoms with Gasteiger partial charge < -0.3 is 13.7 Å². The predicted octanol–water partition coefficient (Wildman–Crippen LogP) is 9.16. The smallest absolute Gasteiger partial charge is 0.0964 e. The van der Waals surface area contributed by atoms with Gasteiger partial charge in [-0.15, -0.1) is 0 Å². The van der Waals surface area contributed by atoms with E-state index >= 15 is 0 Å². The molecule has 0 unspecified atom stereocenters. The molecule has 0 atom stereocenters. The minimum Gasteiger partial charge on any atom is -0.308 e. The molecule has 45 heavy (non-hydrogen) atoms. The van der Waals surface area contributed by atoms with Crippen LogP contribution >= 0.6 is 0 Å². The molecule has 0 saturated carbocycles. The van der Waals surface area contributed by atoms with Gasteiger partial charge in [-0.05, 0) is 91.0 Å². The Balaban J connectivity index is 1.24. The molecule has 0 spiro atoms. The monoisotopic (exact) mass is 576 g/mol. The van der Waals surface area contributed by atoms with Gasteiger partial charge in [0.05, 0.1) is 49.7 Å². The summed E-state index contributed by atoms with van der Waals surface area (Å²) in [6.45, 7) is 0. The Kier molecular flexibility index (Phi) is 4.90. The Bertz CT molecular complexity index is 2710. The van der Waals surface area contributed by atoms with Crippen LogP contribution in [-0.4, -0.2) is 28.7 Å². The number of aromatic nitrogens is 6. The second-order valence-corrected chi connectivity index (χ2v) is 11.4. The second kappa shape index (κ2) is 9.11. The maximum absolute atomic E-state index is 4.90. The first-order valence-corrected chi connectivity index (χ1v) is 15.0. The average molecular weight is 577 g/mol. The Hall–Kier alpha value is -6.27. The standard InChI is InChI=1S/C39H24N6/c1-2-9-25(10-3-1)43-32-18-16-27(24-29(32)38-35(43)14-7-21-41-38)45-33-19-17-26(23-30(33)39-36(45)15-8-22-42-39)44-31-12-5-4-11-28(31)37-34(44)13-6-20-40-37/h1-24H. The molecular formula is C39H24N6. The summed E-state index contributed by atoms with van der Waals surface area (Å²) in [5, 5.41) is 3.36. The highest BCUT2D eigenvalue weighted by Crippen LogP contribution is 2.37. The number of pyridine rings is 3. The Morgan fingerprint density at radius 1 is 0.311 bits per heavy atom. The summed E-state index contributed by atoms with van der Waals surface area (Å²) < 4.78 is 6.92. The van der Waals surface area contributed by atoms with Crippen molar-refractivity contribution in [2.45, 2.75) is 0 Å². The van der Waals surface area contributed by atoms with Gasteiger partial charge >= 0.3 is 0 Å². The van der Waals surface area contributed by atoms with E-state index in [0.29, 0.717) is 0 Å². The highest BCUT2D eigenvalue weighted by molar-refractivity contribution is 6.11. The van der Waals surface area contributed by atoms with Crippen molar-refractivity contribution in [3.8, 4) is 17.1 Å². The number of nitrogens with zero attached hydrogens (tertiary/aromatic N) is 6. The minimum absolute atomic E-state index is 0.971. The van der Waals surface area contributed by atoms with Gasteiger partial charge in [0.1, 0.15) is 0 Å². The number of para-hydroxylation sites is 2. The second-order valence-electron chi connectivity index (χ2n) is 11.4. The van der Waals surface area contributed by atoms with Crippen molar-refractivity contribution in [2.24, 2.45) is 0 Å². The highest BCUT2D eigenvalue weighted by atomic mass is 15.0. The van der Waals surface area contributed by atoms with Crippen LogP contribution in [0.1, 0.15) is 0 Å². The van der Waals surface area contributed by atoms with E-state index in [1.54, 1.807) is 0 Å². The molecule has 0 saturated heterocycles. The van der Waals surface area contributed by atoms with Gasteiger partial charge in [-0.2, -0.15) is 0 Å². The van der Waals surface area contributed by atoms with Crippen molar-refractivity contribution in [3.05, 3.63) is 146 Å². The minimum atomic E-state index is 0.971. The van der Waals surface area contributed by atoms with E-state index in [0.717, 1.165) is 82.9 Å². The first kappa shape index (κ1) is 24.2. The Morgan fingerprint density at radius 2 is 0.733 bits per heavy atom. The van der Waals surface area contributed by atoms with Crippen molar-refractivity contribution >= 4 is 65.8 Å². The van der Waals surface area contributed by atoms with Crippen LogP contribution in [0.5, 0.6) is 0 Å². The summed E-state index contributed by atoms with van der Waals surface area (Å²) in [5.74, 6) is 0. The van der Waals surface area contributed by atoms with Crippen LogP contribution in [0.25, 0.3) is 82.9 Å². The van der Waals surface area contributed by atoms with Gasteiger partial charge in [0.15, 0.2) is 0 Å². The van der Waals surface area contributed by atoms with Gasteiger partial charge in [-0.25, -0.2) is 0 Å². The third-order valence-electron chi connectivity index (χ3n) is 8.97. The molecule has 10 rings (SSSR count). The molecule has 6 heterocycles. The topological polar surface area (TPSA) is 53.5 Å². The molecule has 0 aliphatic rings. The number of benzene rings is 4. The Labute approximate surface area is 257 Å². The molecule has 0 bridgehead atoms. The predicted molar refractivity (Wildman–Crippen MR) is 183 cm³/mol. The van der Waals surface area contributed by atoms with Gasteiger partial charge in [-0.3, -0.25) is 15.0 Å². The van der Waals surface area contributed by atoms with Crippen LogP contribution in [0.2, 0.25) is 0 Å². The van der Waals surface area contributed by atoms with Gasteiger partial charge in [0, 0.05) is 51.8 Å².